The highest BCUT2D eigenvalue weighted by Gasteiger charge is 2.22. The molecular formula is C13H17NOS. The summed E-state index contributed by atoms with van der Waals surface area (Å²) < 4.78 is 0. The first-order valence-corrected chi connectivity index (χ1v) is 6.70. The lowest BCUT2D eigenvalue weighted by Gasteiger charge is -2.20. The predicted molar refractivity (Wildman–Crippen MR) is 68.0 cm³/mol. The van der Waals surface area contributed by atoms with E-state index in [-0.39, 0.29) is 5.78 Å². The average Bonchev–Trinajstić information content (AvgIpc) is 2.77. The van der Waals surface area contributed by atoms with Gasteiger partial charge in [0, 0.05) is 35.3 Å². The maximum atomic E-state index is 12.2. The summed E-state index contributed by atoms with van der Waals surface area (Å²) in [7, 11) is 0. The second-order valence-corrected chi connectivity index (χ2v) is 4.96. The van der Waals surface area contributed by atoms with Gasteiger partial charge in [0.25, 0.3) is 0 Å². The van der Waals surface area contributed by atoms with Crippen molar-refractivity contribution in [2.45, 2.75) is 26.7 Å². The summed E-state index contributed by atoms with van der Waals surface area (Å²) in [6.45, 7) is 6.15. The molecule has 1 aromatic rings. The van der Waals surface area contributed by atoms with Crippen molar-refractivity contribution in [1.29, 1.82) is 0 Å². The molecule has 0 spiro atoms. The highest BCUT2D eigenvalue weighted by atomic mass is 32.1. The van der Waals surface area contributed by atoms with Crippen LogP contribution in [0.25, 0.3) is 0 Å². The third-order valence-electron chi connectivity index (χ3n) is 3.05. The summed E-state index contributed by atoms with van der Waals surface area (Å²) in [4.78, 5) is 15.6. The second kappa shape index (κ2) is 4.83. The molecule has 1 aliphatic rings. The molecule has 3 heteroatoms. The Morgan fingerprint density at radius 3 is 2.81 bits per heavy atom. The summed E-state index contributed by atoms with van der Waals surface area (Å²) in [5.41, 5.74) is 1.89. The molecule has 0 fully saturated rings. The lowest BCUT2D eigenvalue weighted by molar-refractivity contribution is 0.102. The maximum Gasteiger partial charge on any atom is 0.191 e. The normalized spacial score (nSPS) is 17.6. The van der Waals surface area contributed by atoms with Crippen LogP contribution in [-0.4, -0.2) is 23.8 Å². The summed E-state index contributed by atoms with van der Waals surface area (Å²) in [5.74, 6) is 0.231. The first kappa shape index (κ1) is 11.4. The van der Waals surface area contributed by atoms with E-state index < -0.39 is 0 Å². The van der Waals surface area contributed by atoms with Crippen molar-refractivity contribution < 1.29 is 4.79 Å². The van der Waals surface area contributed by atoms with Gasteiger partial charge in [-0.25, -0.2) is 0 Å². The first-order chi connectivity index (χ1) is 7.76. The van der Waals surface area contributed by atoms with Gasteiger partial charge in [0.05, 0.1) is 0 Å². The van der Waals surface area contributed by atoms with E-state index in [9.17, 15) is 4.79 Å². The van der Waals surface area contributed by atoms with Crippen molar-refractivity contribution in [3.63, 3.8) is 0 Å². The highest BCUT2D eigenvalue weighted by Crippen LogP contribution is 2.29. The van der Waals surface area contributed by atoms with E-state index in [1.165, 1.54) is 4.88 Å². The zero-order valence-electron chi connectivity index (χ0n) is 9.82. The quantitative estimate of drug-likeness (QED) is 0.750. The molecule has 0 aromatic carbocycles. The zero-order valence-corrected chi connectivity index (χ0v) is 10.6. The van der Waals surface area contributed by atoms with Gasteiger partial charge in [0.1, 0.15) is 0 Å². The third kappa shape index (κ3) is 2.05. The van der Waals surface area contributed by atoms with Gasteiger partial charge < -0.3 is 4.90 Å². The first-order valence-electron chi connectivity index (χ1n) is 5.82. The summed E-state index contributed by atoms with van der Waals surface area (Å²) in [6, 6.07) is 1.96. The molecular weight excluding hydrogens is 218 g/mol. The topological polar surface area (TPSA) is 20.3 Å². The standard InChI is InChI=1S/C13H17NOS/c1-3-14(4-2)9-10-5-6-12-11(13(10)15)7-8-16-12/h7-9H,3-6H2,1-2H3/b10-9+. The molecule has 0 N–H and O–H groups in total. The molecule has 0 saturated heterocycles. The fourth-order valence-electron chi connectivity index (χ4n) is 2.02. The number of hydrogen-bond donors (Lipinski definition) is 0. The lowest BCUT2D eigenvalue weighted by Crippen LogP contribution is -2.20. The minimum Gasteiger partial charge on any atom is -0.378 e. The van der Waals surface area contributed by atoms with Crippen LogP contribution in [0.5, 0.6) is 0 Å². The van der Waals surface area contributed by atoms with Gasteiger partial charge in [-0.1, -0.05) is 0 Å². The number of carbonyl (C=O) groups excluding carboxylic acids is 1. The second-order valence-electron chi connectivity index (χ2n) is 3.96. The number of hydrogen-bond acceptors (Lipinski definition) is 3. The molecule has 0 radical (unpaired) electrons. The van der Waals surface area contributed by atoms with Crippen LogP contribution in [0, 0.1) is 0 Å². The number of thiophene rings is 1. The average molecular weight is 235 g/mol. The summed E-state index contributed by atoms with van der Waals surface area (Å²) in [5, 5.41) is 2.02. The molecule has 0 bridgehead atoms. The number of nitrogens with zero attached hydrogens (tertiary/aromatic N) is 1. The Hall–Kier alpha value is -1.09. The van der Waals surface area contributed by atoms with Crippen LogP contribution in [-0.2, 0) is 6.42 Å². The third-order valence-corrected chi connectivity index (χ3v) is 4.03. The van der Waals surface area contributed by atoms with Gasteiger partial charge >= 0.3 is 0 Å². The number of ketones is 1. The number of fused-ring (bicyclic) bond motifs is 1. The van der Waals surface area contributed by atoms with E-state index in [2.05, 4.69) is 18.7 Å². The van der Waals surface area contributed by atoms with Crippen LogP contribution in [0.3, 0.4) is 0 Å². The van der Waals surface area contributed by atoms with Gasteiger partial charge in [-0.15, -0.1) is 11.3 Å². The molecule has 16 heavy (non-hydrogen) atoms. The molecule has 86 valence electrons. The van der Waals surface area contributed by atoms with Crippen molar-refractivity contribution >= 4 is 17.1 Å². The number of allylic oxidation sites excluding steroid dienone is 1. The van der Waals surface area contributed by atoms with Crippen LogP contribution in [0.4, 0.5) is 0 Å². The van der Waals surface area contributed by atoms with E-state index in [1.807, 2.05) is 17.6 Å². The van der Waals surface area contributed by atoms with Crippen LogP contribution < -0.4 is 0 Å². The van der Waals surface area contributed by atoms with Crippen LogP contribution in [0.1, 0.15) is 35.5 Å². The fourth-order valence-corrected chi connectivity index (χ4v) is 2.90. The van der Waals surface area contributed by atoms with E-state index in [0.717, 1.165) is 37.1 Å². The minimum absolute atomic E-state index is 0.231. The van der Waals surface area contributed by atoms with Gasteiger partial charge in [0.15, 0.2) is 5.78 Å². The van der Waals surface area contributed by atoms with Crippen LogP contribution in [0.15, 0.2) is 23.2 Å². The number of carbonyl (C=O) groups is 1. The number of aryl methyl sites for hydroxylation is 1. The van der Waals surface area contributed by atoms with E-state index in [1.54, 1.807) is 11.3 Å². The van der Waals surface area contributed by atoms with Crippen LogP contribution >= 0.6 is 11.3 Å². The largest absolute Gasteiger partial charge is 0.378 e. The van der Waals surface area contributed by atoms with Crippen molar-refractivity contribution in [1.82, 2.24) is 4.90 Å². The molecule has 2 nitrogen and oxygen atoms in total. The molecule has 1 aliphatic carbocycles. The van der Waals surface area contributed by atoms with Crippen molar-refractivity contribution in [3.8, 4) is 0 Å². The Labute approximate surface area is 101 Å². The van der Waals surface area contributed by atoms with Crippen LogP contribution in [0.2, 0.25) is 0 Å². The monoisotopic (exact) mass is 235 g/mol. The van der Waals surface area contributed by atoms with Crippen molar-refractivity contribution in [3.05, 3.63) is 33.7 Å². The van der Waals surface area contributed by atoms with E-state index in [4.69, 9.17) is 0 Å². The maximum absolute atomic E-state index is 12.2. The van der Waals surface area contributed by atoms with Crippen molar-refractivity contribution in [2.75, 3.05) is 13.1 Å². The molecule has 2 rings (SSSR count). The number of Topliss-reactive ketones (excluding diaryl/α,β-unsaturated/α-hetero) is 1. The minimum atomic E-state index is 0.231. The molecule has 0 saturated carbocycles. The Morgan fingerprint density at radius 2 is 2.12 bits per heavy atom. The molecule has 0 amide bonds. The Bertz CT molecular complexity index is 415. The smallest absolute Gasteiger partial charge is 0.191 e. The highest BCUT2D eigenvalue weighted by molar-refractivity contribution is 7.10. The molecule has 0 aliphatic heterocycles. The SMILES string of the molecule is CCN(/C=C1\CCc2sccc2C1=O)CC. The van der Waals surface area contributed by atoms with E-state index >= 15 is 0 Å². The van der Waals surface area contributed by atoms with E-state index in [0.29, 0.717) is 0 Å². The Kier molecular flexibility index (Phi) is 3.44. The van der Waals surface area contributed by atoms with Crippen molar-refractivity contribution in [2.24, 2.45) is 0 Å². The van der Waals surface area contributed by atoms with Gasteiger partial charge in [-0.2, -0.15) is 0 Å². The molecule has 1 aromatic heterocycles. The Morgan fingerprint density at radius 1 is 1.38 bits per heavy atom. The molecule has 0 atom stereocenters. The Balaban J connectivity index is 2.24. The molecule has 0 unspecified atom stereocenters. The lowest BCUT2D eigenvalue weighted by atomic mass is 9.93. The zero-order chi connectivity index (χ0) is 11.5. The predicted octanol–water partition coefficient (Wildman–Crippen LogP) is 3.10. The fraction of sp³-hybridized carbons (Fsp3) is 0.462. The van der Waals surface area contributed by atoms with Gasteiger partial charge in [-0.05, 0) is 38.1 Å². The summed E-state index contributed by atoms with van der Waals surface area (Å²) in [6.07, 6.45) is 3.96. The van der Waals surface area contributed by atoms with Gasteiger partial charge in [-0.3, -0.25) is 4.79 Å². The summed E-state index contributed by atoms with van der Waals surface area (Å²) >= 11 is 1.70. The van der Waals surface area contributed by atoms with Gasteiger partial charge in [0.2, 0.25) is 0 Å². The number of rotatable bonds is 3. The molecule has 1 heterocycles.